The lowest BCUT2D eigenvalue weighted by molar-refractivity contribution is 0.122. The van der Waals surface area contributed by atoms with E-state index in [-0.39, 0.29) is 24.0 Å². The van der Waals surface area contributed by atoms with Gasteiger partial charge in [-0.1, -0.05) is 30.7 Å². The maximum Gasteiger partial charge on any atom is 0.191 e. The lowest BCUT2D eigenvalue weighted by Gasteiger charge is -2.40. The number of rotatable bonds is 7. The second-order valence-corrected chi connectivity index (χ2v) is 7.99. The highest BCUT2D eigenvalue weighted by molar-refractivity contribution is 14.0. The maximum atomic E-state index is 6.26. The van der Waals surface area contributed by atoms with Crippen LogP contribution in [-0.4, -0.2) is 59.4 Å². The van der Waals surface area contributed by atoms with E-state index in [0.717, 1.165) is 49.4 Å². The molecule has 2 unspecified atom stereocenters. The van der Waals surface area contributed by atoms with Gasteiger partial charge in [0, 0.05) is 44.2 Å². The quantitative estimate of drug-likeness (QED) is 0.317. The van der Waals surface area contributed by atoms with Crippen molar-refractivity contribution in [3.8, 4) is 0 Å². The summed E-state index contributed by atoms with van der Waals surface area (Å²) in [6, 6.07) is 8.62. The van der Waals surface area contributed by atoms with Gasteiger partial charge in [0.1, 0.15) is 12.2 Å². The molecule has 0 bridgehead atoms. The fraction of sp³-hybridized carbons (Fsp3) is 0.571. The van der Waals surface area contributed by atoms with Crippen molar-refractivity contribution < 1.29 is 0 Å². The number of hydrogen-bond donors (Lipinski definition) is 2. The van der Waals surface area contributed by atoms with Crippen molar-refractivity contribution in [1.29, 1.82) is 0 Å². The van der Waals surface area contributed by atoms with Crippen LogP contribution in [0.3, 0.4) is 0 Å². The first kappa shape index (κ1) is 24.9. The van der Waals surface area contributed by atoms with Crippen LogP contribution in [0.1, 0.15) is 37.2 Å². The van der Waals surface area contributed by atoms with Crippen LogP contribution in [0, 0.1) is 5.92 Å². The summed E-state index contributed by atoms with van der Waals surface area (Å²) < 4.78 is 2.07. The molecule has 9 heteroatoms. The first-order valence-corrected chi connectivity index (χ1v) is 10.8. The molecule has 2 aromatic rings. The summed E-state index contributed by atoms with van der Waals surface area (Å²) in [5.74, 6) is 2.33. The van der Waals surface area contributed by atoms with Gasteiger partial charge in [-0.2, -0.15) is 0 Å². The Morgan fingerprint density at radius 2 is 2.17 bits per heavy atom. The zero-order valence-corrected chi connectivity index (χ0v) is 21.1. The van der Waals surface area contributed by atoms with Crippen molar-refractivity contribution in [3.63, 3.8) is 0 Å². The second-order valence-electron chi connectivity index (χ2n) is 7.56. The molecule has 0 saturated carbocycles. The third kappa shape index (κ3) is 6.55. The Hall–Kier alpha value is -1.39. The first-order valence-electron chi connectivity index (χ1n) is 10.4. The van der Waals surface area contributed by atoms with Gasteiger partial charge in [-0.05, 0) is 50.0 Å². The van der Waals surface area contributed by atoms with Crippen LogP contribution in [0.15, 0.2) is 35.6 Å². The highest BCUT2D eigenvalue weighted by Crippen LogP contribution is 2.35. The number of aliphatic imine (C=N–C) groups is 1. The molecule has 3 rings (SSSR count). The lowest BCUT2D eigenvalue weighted by Crippen LogP contribution is -2.45. The summed E-state index contributed by atoms with van der Waals surface area (Å²) >= 11 is 6.26. The molecule has 2 N–H and O–H groups in total. The molecular formula is C21H33ClIN7. The van der Waals surface area contributed by atoms with E-state index in [9.17, 15) is 0 Å². The molecule has 1 fully saturated rings. The molecule has 1 aromatic heterocycles. The summed E-state index contributed by atoms with van der Waals surface area (Å²) in [6.07, 6.45) is 5.06. The maximum absolute atomic E-state index is 6.26. The molecule has 1 saturated heterocycles. The lowest BCUT2D eigenvalue weighted by atomic mass is 9.85. The minimum Gasteiger partial charge on any atom is -0.356 e. The van der Waals surface area contributed by atoms with Gasteiger partial charge < -0.3 is 15.2 Å². The SMILES string of the molecule is CCc1nncn1CCNC(=NC)NCC1CCCN(C)C1c1cccc(Cl)c1.I. The number of aryl methyl sites for hydroxylation is 1. The van der Waals surface area contributed by atoms with Gasteiger partial charge in [0.2, 0.25) is 0 Å². The van der Waals surface area contributed by atoms with Crippen LogP contribution in [0.4, 0.5) is 0 Å². The molecule has 0 amide bonds. The molecule has 0 aliphatic carbocycles. The van der Waals surface area contributed by atoms with E-state index in [1.165, 1.54) is 18.4 Å². The standard InChI is InChI=1S/C21H32ClN7.HI/c1-4-19-27-26-15-29(19)12-10-24-21(23-2)25-14-17-8-6-11-28(3)20(17)16-7-5-9-18(22)13-16;/h5,7,9,13,15,17,20H,4,6,8,10-12,14H2,1-3H3,(H2,23,24,25);1H. The van der Waals surface area contributed by atoms with Crippen molar-refractivity contribution in [2.45, 2.75) is 38.8 Å². The zero-order chi connectivity index (χ0) is 20.6. The third-order valence-electron chi connectivity index (χ3n) is 5.61. The molecule has 1 aromatic carbocycles. The van der Waals surface area contributed by atoms with Crippen molar-refractivity contribution in [3.05, 3.63) is 47.0 Å². The van der Waals surface area contributed by atoms with Crippen molar-refractivity contribution in [2.24, 2.45) is 10.9 Å². The Bertz CT molecular complexity index is 810. The van der Waals surface area contributed by atoms with E-state index >= 15 is 0 Å². The number of nitrogens with zero attached hydrogens (tertiary/aromatic N) is 5. The summed E-state index contributed by atoms with van der Waals surface area (Å²) in [4.78, 5) is 6.82. The number of guanidine groups is 1. The Balaban J connectivity index is 0.00000320. The summed E-state index contributed by atoms with van der Waals surface area (Å²) in [5, 5.41) is 15.8. The van der Waals surface area contributed by atoms with Crippen molar-refractivity contribution >= 4 is 41.5 Å². The third-order valence-corrected chi connectivity index (χ3v) is 5.84. The van der Waals surface area contributed by atoms with Gasteiger partial charge in [-0.3, -0.25) is 9.89 Å². The highest BCUT2D eigenvalue weighted by atomic mass is 127. The summed E-state index contributed by atoms with van der Waals surface area (Å²) in [5.41, 5.74) is 1.29. The summed E-state index contributed by atoms with van der Waals surface area (Å²) in [7, 11) is 4.02. The molecule has 1 aliphatic heterocycles. The highest BCUT2D eigenvalue weighted by Gasteiger charge is 2.30. The summed E-state index contributed by atoms with van der Waals surface area (Å²) in [6.45, 7) is 5.65. The Morgan fingerprint density at radius 1 is 1.33 bits per heavy atom. The van der Waals surface area contributed by atoms with Crippen molar-refractivity contribution in [1.82, 2.24) is 30.3 Å². The van der Waals surface area contributed by atoms with E-state index in [2.05, 4.69) is 61.4 Å². The molecular weight excluding hydrogens is 513 g/mol. The van der Waals surface area contributed by atoms with Gasteiger partial charge in [-0.15, -0.1) is 34.2 Å². The van der Waals surface area contributed by atoms with Crippen LogP contribution in [0.5, 0.6) is 0 Å². The number of hydrogen-bond acceptors (Lipinski definition) is 4. The Labute approximate surface area is 201 Å². The largest absolute Gasteiger partial charge is 0.356 e. The predicted octanol–water partition coefficient (Wildman–Crippen LogP) is 3.36. The molecule has 30 heavy (non-hydrogen) atoms. The van der Waals surface area contributed by atoms with Crippen LogP contribution in [-0.2, 0) is 13.0 Å². The number of piperidine rings is 1. The first-order chi connectivity index (χ1) is 14.1. The second kappa shape index (κ2) is 12.5. The van der Waals surface area contributed by atoms with E-state index < -0.39 is 0 Å². The monoisotopic (exact) mass is 545 g/mol. The van der Waals surface area contributed by atoms with Gasteiger partial charge >= 0.3 is 0 Å². The fourth-order valence-electron chi connectivity index (χ4n) is 4.17. The average Bonchev–Trinajstić information content (AvgIpc) is 3.18. The Morgan fingerprint density at radius 3 is 2.90 bits per heavy atom. The Kier molecular flexibility index (Phi) is 10.3. The van der Waals surface area contributed by atoms with Gasteiger partial charge in [0.15, 0.2) is 5.96 Å². The molecule has 2 heterocycles. The van der Waals surface area contributed by atoms with Crippen LogP contribution >= 0.6 is 35.6 Å². The molecule has 0 radical (unpaired) electrons. The predicted molar refractivity (Wildman–Crippen MR) is 134 cm³/mol. The average molecular weight is 546 g/mol. The van der Waals surface area contributed by atoms with Crippen LogP contribution in [0.25, 0.3) is 0 Å². The van der Waals surface area contributed by atoms with Gasteiger partial charge in [0.05, 0.1) is 0 Å². The van der Waals surface area contributed by atoms with Gasteiger partial charge in [0.25, 0.3) is 0 Å². The fourth-order valence-corrected chi connectivity index (χ4v) is 4.37. The smallest absolute Gasteiger partial charge is 0.191 e. The number of likely N-dealkylation sites (tertiary alicyclic amines) is 1. The number of benzene rings is 1. The number of aromatic nitrogens is 3. The number of nitrogens with one attached hydrogen (secondary N) is 2. The van der Waals surface area contributed by atoms with Gasteiger partial charge in [-0.25, -0.2) is 0 Å². The van der Waals surface area contributed by atoms with E-state index in [4.69, 9.17) is 11.6 Å². The minimum atomic E-state index is 0. The van der Waals surface area contributed by atoms with Crippen LogP contribution < -0.4 is 10.6 Å². The van der Waals surface area contributed by atoms with Crippen LogP contribution in [0.2, 0.25) is 5.02 Å². The molecule has 0 spiro atoms. The van der Waals surface area contributed by atoms with E-state index in [1.807, 2.05) is 19.2 Å². The minimum absolute atomic E-state index is 0. The molecule has 166 valence electrons. The van der Waals surface area contributed by atoms with E-state index in [1.54, 1.807) is 6.33 Å². The molecule has 7 nitrogen and oxygen atoms in total. The molecule has 1 aliphatic rings. The van der Waals surface area contributed by atoms with E-state index in [0.29, 0.717) is 12.0 Å². The zero-order valence-electron chi connectivity index (χ0n) is 18.0. The topological polar surface area (TPSA) is 70.4 Å². The normalized spacial score (nSPS) is 19.9. The molecule has 2 atom stereocenters. The number of halogens is 2. The van der Waals surface area contributed by atoms with Crippen molar-refractivity contribution in [2.75, 3.05) is 33.7 Å².